The third-order valence-electron chi connectivity index (χ3n) is 8.80. The summed E-state index contributed by atoms with van der Waals surface area (Å²) in [6.07, 6.45) is 4.72. The summed E-state index contributed by atoms with van der Waals surface area (Å²) in [5.41, 5.74) is 7.82. The van der Waals surface area contributed by atoms with Gasteiger partial charge in [-0.1, -0.05) is 12.1 Å². The summed E-state index contributed by atoms with van der Waals surface area (Å²) < 4.78 is 1.51. The van der Waals surface area contributed by atoms with E-state index in [-0.39, 0.29) is 18.4 Å². The Balaban J connectivity index is 0.00000267. The maximum atomic E-state index is 12.7. The van der Waals surface area contributed by atoms with Gasteiger partial charge in [-0.3, -0.25) is 9.88 Å². The van der Waals surface area contributed by atoms with Crippen molar-refractivity contribution in [2.75, 3.05) is 57.7 Å². The number of nitrogens with two attached hydrogens (primary N) is 1. The van der Waals surface area contributed by atoms with E-state index >= 15 is 0 Å². The van der Waals surface area contributed by atoms with E-state index in [1.54, 1.807) is 12.3 Å². The smallest absolute Gasteiger partial charge is 0.330 e. The summed E-state index contributed by atoms with van der Waals surface area (Å²) in [6.45, 7) is 7.86. The van der Waals surface area contributed by atoms with Crippen LogP contribution in [-0.2, 0) is 6.42 Å². The van der Waals surface area contributed by atoms with Crippen LogP contribution in [0, 0.1) is 23.2 Å². The molecule has 4 heterocycles. The van der Waals surface area contributed by atoms with Crippen molar-refractivity contribution in [1.29, 1.82) is 0 Å². The van der Waals surface area contributed by atoms with Crippen molar-refractivity contribution in [2.24, 2.45) is 28.9 Å². The van der Waals surface area contributed by atoms with Crippen molar-refractivity contribution in [3.05, 3.63) is 52.6 Å². The van der Waals surface area contributed by atoms with Crippen molar-refractivity contribution < 1.29 is 4.79 Å². The normalized spacial score (nSPS) is 26.1. The highest BCUT2D eigenvalue weighted by Gasteiger charge is 2.54. The van der Waals surface area contributed by atoms with E-state index in [1.165, 1.54) is 23.2 Å². The molecular weight excluding hydrogens is 478 g/mol. The number of carbonyl (C=O) groups excluding carboxylic acids is 1. The summed E-state index contributed by atoms with van der Waals surface area (Å²) >= 11 is 0. The van der Waals surface area contributed by atoms with Crippen LogP contribution < -0.4 is 22.1 Å². The number of urea groups is 1. The maximum Gasteiger partial charge on any atom is 0.354 e. The molecule has 10 heteroatoms. The van der Waals surface area contributed by atoms with Gasteiger partial charge < -0.3 is 20.9 Å². The van der Waals surface area contributed by atoms with E-state index in [0.717, 1.165) is 82.0 Å². The van der Waals surface area contributed by atoms with Crippen molar-refractivity contribution in [2.45, 2.75) is 19.3 Å². The van der Waals surface area contributed by atoms with Crippen LogP contribution in [0.5, 0.6) is 0 Å². The fourth-order valence-corrected chi connectivity index (χ4v) is 6.25. The van der Waals surface area contributed by atoms with E-state index in [0.29, 0.717) is 11.2 Å². The van der Waals surface area contributed by atoms with Crippen LogP contribution in [0.4, 0.5) is 10.6 Å². The second-order valence-corrected chi connectivity index (χ2v) is 10.9. The van der Waals surface area contributed by atoms with Crippen molar-refractivity contribution in [3.63, 3.8) is 0 Å². The fourth-order valence-electron chi connectivity index (χ4n) is 6.25. The van der Waals surface area contributed by atoms with Gasteiger partial charge in [0.1, 0.15) is 5.82 Å². The minimum Gasteiger partial charge on any atom is -0.330 e. The molecule has 0 bridgehead atoms. The Kier molecular flexibility index (Phi) is 7.09. The Labute approximate surface area is 217 Å². The molecule has 9 nitrogen and oxygen atoms in total. The quantitative estimate of drug-likeness (QED) is 0.541. The van der Waals surface area contributed by atoms with Gasteiger partial charge in [0.15, 0.2) is 0 Å². The fraction of sp³-hybridized carbons (Fsp3) is 0.577. The van der Waals surface area contributed by atoms with Gasteiger partial charge >= 0.3 is 11.7 Å². The van der Waals surface area contributed by atoms with Gasteiger partial charge in [0.05, 0.1) is 5.69 Å². The lowest BCUT2D eigenvalue weighted by Gasteiger charge is -2.48. The number of carbonyl (C=O) groups is 1. The molecule has 0 radical (unpaired) electrons. The lowest BCUT2D eigenvalue weighted by molar-refractivity contribution is 0.0718. The van der Waals surface area contributed by atoms with Crippen LogP contribution in [0.15, 0.2) is 41.3 Å². The highest BCUT2D eigenvalue weighted by molar-refractivity contribution is 5.88. The lowest BCUT2D eigenvalue weighted by Crippen LogP contribution is -2.59. The minimum absolute atomic E-state index is 0. The maximum absolute atomic E-state index is 12.7. The molecule has 2 aromatic rings. The standard InChI is InChI=1S/C26H35N7O2.ClH/c27-13-20-21-14-31(15-22(20)21)9-5-18-1-3-19(4-2-18)33-10-6-23(30-25(33)35)29-24(34)32-11-7-26(8-12-32)16-28-17-26;/h1-4,6,10,20-22,28H,5,7-9,11-17,27H2,(H,29,30,34,35);1H. The second kappa shape index (κ2) is 10.1. The number of piperidine rings is 2. The predicted molar refractivity (Wildman–Crippen MR) is 142 cm³/mol. The first-order valence-electron chi connectivity index (χ1n) is 12.9. The van der Waals surface area contributed by atoms with Crippen LogP contribution >= 0.6 is 12.4 Å². The number of rotatable bonds is 6. The summed E-state index contributed by atoms with van der Waals surface area (Å²) in [4.78, 5) is 33.8. The van der Waals surface area contributed by atoms with Gasteiger partial charge in [0.2, 0.25) is 0 Å². The van der Waals surface area contributed by atoms with Crippen molar-refractivity contribution in [1.82, 2.24) is 24.7 Å². The molecule has 6 rings (SSSR count). The van der Waals surface area contributed by atoms with E-state index in [1.807, 2.05) is 17.0 Å². The molecule has 2 atom stereocenters. The summed E-state index contributed by atoms with van der Waals surface area (Å²) in [5.74, 6) is 2.70. The summed E-state index contributed by atoms with van der Waals surface area (Å²) in [5, 5.41) is 6.13. The number of hydrogen-bond donors (Lipinski definition) is 3. The van der Waals surface area contributed by atoms with Crippen LogP contribution in [-0.4, -0.2) is 77.7 Å². The van der Waals surface area contributed by atoms with E-state index in [2.05, 4.69) is 32.7 Å². The van der Waals surface area contributed by atoms with E-state index in [4.69, 9.17) is 5.73 Å². The number of fused-ring (bicyclic) bond motifs is 1. The van der Waals surface area contributed by atoms with Crippen LogP contribution in [0.3, 0.4) is 0 Å². The molecule has 194 valence electrons. The average molecular weight is 514 g/mol. The second-order valence-electron chi connectivity index (χ2n) is 10.9. The zero-order valence-corrected chi connectivity index (χ0v) is 21.4. The number of likely N-dealkylation sites (tertiary alicyclic amines) is 2. The Morgan fingerprint density at radius 1 is 1.11 bits per heavy atom. The molecule has 2 unspecified atom stereocenters. The van der Waals surface area contributed by atoms with Crippen LogP contribution in [0.2, 0.25) is 0 Å². The molecule has 2 amide bonds. The van der Waals surface area contributed by atoms with Crippen molar-refractivity contribution >= 4 is 24.3 Å². The molecule has 4 aliphatic rings. The van der Waals surface area contributed by atoms with Crippen LogP contribution in [0.1, 0.15) is 18.4 Å². The number of aromatic nitrogens is 2. The molecular formula is C26H36ClN7O2. The molecule has 4 N–H and O–H groups in total. The highest BCUT2D eigenvalue weighted by atomic mass is 35.5. The monoisotopic (exact) mass is 513 g/mol. The number of halogens is 1. The van der Waals surface area contributed by atoms with Crippen molar-refractivity contribution in [3.8, 4) is 5.69 Å². The first kappa shape index (κ1) is 25.2. The van der Waals surface area contributed by atoms with E-state index < -0.39 is 5.69 Å². The molecule has 1 aromatic heterocycles. The van der Waals surface area contributed by atoms with E-state index in [9.17, 15) is 9.59 Å². The van der Waals surface area contributed by atoms with Gasteiger partial charge in [-0.25, -0.2) is 9.59 Å². The third kappa shape index (κ3) is 4.89. The molecule has 3 aliphatic heterocycles. The van der Waals surface area contributed by atoms with Gasteiger partial charge in [0, 0.05) is 52.0 Å². The molecule has 1 aromatic carbocycles. The summed E-state index contributed by atoms with van der Waals surface area (Å²) in [7, 11) is 0. The SMILES string of the molecule is Cl.NCC1C2CN(CCc3ccc(-n4ccc(NC(=O)N5CCC6(CC5)CNC6)nc4=O)cc3)CC12. The molecule has 4 fully saturated rings. The Hall–Kier alpha value is -2.46. The first-order chi connectivity index (χ1) is 17.0. The number of benzene rings is 1. The zero-order valence-electron chi connectivity index (χ0n) is 20.6. The number of nitrogens with zero attached hydrogens (tertiary/aromatic N) is 4. The Morgan fingerprint density at radius 2 is 1.81 bits per heavy atom. The van der Waals surface area contributed by atoms with Gasteiger partial charge in [-0.2, -0.15) is 4.98 Å². The average Bonchev–Trinajstić information content (AvgIpc) is 3.33. The molecule has 1 aliphatic carbocycles. The highest BCUT2D eigenvalue weighted by Crippen LogP contribution is 2.50. The number of anilines is 1. The number of amides is 2. The number of hydrogen-bond acceptors (Lipinski definition) is 6. The van der Waals surface area contributed by atoms with Gasteiger partial charge in [0.25, 0.3) is 0 Å². The predicted octanol–water partition coefficient (Wildman–Crippen LogP) is 1.55. The van der Waals surface area contributed by atoms with Gasteiger partial charge in [-0.05, 0) is 72.7 Å². The topological polar surface area (TPSA) is 109 Å². The molecule has 3 saturated heterocycles. The molecule has 1 spiro atoms. The summed E-state index contributed by atoms with van der Waals surface area (Å²) in [6, 6.07) is 9.58. The van der Waals surface area contributed by atoms with Crippen LogP contribution in [0.25, 0.3) is 5.69 Å². The zero-order chi connectivity index (χ0) is 24.0. The Morgan fingerprint density at radius 3 is 2.39 bits per heavy atom. The Bertz CT molecular complexity index is 1130. The first-order valence-corrected chi connectivity index (χ1v) is 12.9. The lowest BCUT2D eigenvalue weighted by atomic mass is 9.73. The molecule has 36 heavy (non-hydrogen) atoms. The minimum atomic E-state index is -0.403. The number of nitrogens with one attached hydrogen (secondary N) is 2. The van der Waals surface area contributed by atoms with Gasteiger partial charge in [-0.15, -0.1) is 12.4 Å². The largest absolute Gasteiger partial charge is 0.354 e. The molecule has 1 saturated carbocycles. The third-order valence-corrected chi connectivity index (χ3v) is 8.80.